The van der Waals surface area contributed by atoms with Crippen LogP contribution in [0.3, 0.4) is 0 Å². The Hall–Kier alpha value is -5.54. The summed E-state index contributed by atoms with van der Waals surface area (Å²) in [5.74, 6) is -5.39. The Balaban J connectivity index is 1.16. The summed E-state index contributed by atoms with van der Waals surface area (Å²) in [6.07, 6.45) is -28.2. The number of carbonyl (C=O) groups is 3. The molecule has 0 spiro atoms. The maximum absolute atomic E-state index is 14.4. The first-order chi connectivity index (χ1) is 33.4. The van der Waals surface area contributed by atoms with Gasteiger partial charge in [0.15, 0.2) is 18.5 Å². The molecule has 4 saturated heterocycles. The summed E-state index contributed by atoms with van der Waals surface area (Å²) in [6.45, 7) is -0.639. The van der Waals surface area contributed by atoms with Gasteiger partial charge in [-0.2, -0.15) is 0 Å². The lowest BCUT2D eigenvalue weighted by Crippen LogP contribution is -2.61. The number of halogens is 1. The lowest BCUT2D eigenvalue weighted by atomic mass is 9.77. The second kappa shape index (κ2) is 21.0. The van der Waals surface area contributed by atoms with Gasteiger partial charge in [0.25, 0.3) is 0 Å². The number of aliphatic carboxylic acids is 2. The largest absolute Gasteiger partial charge is 0.479 e. The maximum atomic E-state index is 14.4. The number of rotatable bonds is 15. The number of carboxylic acids is 2. The Labute approximate surface area is 397 Å². The number of para-hydroxylation sites is 1. The summed E-state index contributed by atoms with van der Waals surface area (Å²) in [4.78, 5) is 39.9. The van der Waals surface area contributed by atoms with Gasteiger partial charge in [-0.05, 0) is 65.4 Å². The van der Waals surface area contributed by atoms with Gasteiger partial charge in [-0.25, -0.2) is 14.0 Å². The molecular weight excluding hydrogens is 930 g/mol. The van der Waals surface area contributed by atoms with Crippen molar-refractivity contribution in [2.24, 2.45) is 5.92 Å². The molecule has 0 unspecified atom stereocenters. The SMILES string of the molecule is O=C(O)[C@H]1O[C@@H](Oc2cc(-c3ccc([C@@H]4O[C@H](CO)[C@@H](O)[C@H](O)[C@H]4O)cc3)ccc2[C@@H]2[C@@H](CC[C@H](O[C@@H]3O[C@H](C(=O)O)[C@@H](O)[C@H](O)[C@H]3O)c3ccc(F)cc3)C(=O)N2c2ccccc2)[C@H](O)[C@@H](O)[C@@H]1O. The van der Waals surface area contributed by atoms with Crippen LogP contribution in [0.1, 0.15) is 47.8 Å². The van der Waals surface area contributed by atoms with Crippen LogP contribution >= 0.6 is 0 Å². The Morgan fingerprint density at radius 2 is 1.21 bits per heavy atom. The molecule has 376 valence electrons. The van der Waals surface area contributed by atoms with Gasteiger partial charge in [-0.1, -0.05) is 66.7 Å². The van der Waals surface area contributed by atoms with Crippen LogP contribution in [0.25, 0.3) is 11.1 Å². The van der Waals surface area contributed by atoms with E-state index in [-0.39, 0.29) is 24.2 Å². The van der Waals surface area contributed by atoms with Crippen molar-refractivity contribution >= 4 is 23.5 Å². The van der Waals surface area contributed by atoms with Crippen LogP contribution in [0, 0.1) is 11.7 Å². The molecule has 12 N–H and O–H groups in total. The predicted molar refractivity (Wildman–Crippen MR) is 233 cm³/mol. The predicted octanol–water partition coefficient (Wildman–Crippen LogP) is -0.587. The fourth-order valence-corrected chi connectivity index (χ4v) is 9.29. The number of hydrogen-bond acceptors (Lipinski definition) is 18. The number of aliphatic hydroxyl groups is 10. The highest BCUT2D eigenvalue weighted by Crippen LogP contribution is 2.50. The summed E-state index contributed by atoms with van der Waals surface area (Å²) in [7, 11) is 0. The number of hydrogen-bond donors (Lipinski definition) is 12. The topological polar surface area (TPSA) is 343 Å². The van der Waals surface area contributed by atoms with E-state index in [4.69, 9.17) is 23.7 Å². The van der Waals surface area contributed by atoms with E-state index in [1.54, 1.807) is 66.7 Å². The molecule has 21 nitrogen and oxygen atoms in total. The van der Waals surface area contributed by atoms with Crippen molar-refractivity contribution < 1.29 is 104 Å². The zero-order valence-electron chi connectivity index (χ0n) is 36.7. The van der Waals surface area contributed by atoms with Crippen LogP contribution in [0.15, 0.2) is 97.1 Å². The smallest absolute Gasteiger partial charge is 0.335 e. The average molecular weight is 982 g/mol. The number of β-lactam (4-membered cyclic amide) rings is 1. The first-order valence-corrected chi connectivity index (χ1v) is 22.3. The molecule has 4 fully saturated rings. The molecule has 0 bridgehead atoms. The molecule has 4 aromatic carbocycles. The molecule has 18 atom stereocenters. The highest BCUT2D eigenvalue weighted by atomic mass is 19.1. The van der Waals surface area contributed by atoms with E-state index in [1.807, 2.05) is 0 Å². The molecular formula is C48H52FNO20. The third-order valence-electron chi connectivity index (χ3n) is 13.2. The van der Waals surface area contributed by atoms with E-state index in [0.29, 0.717) is 27.9 Å². The number of carboxylic acid groups (broad SMARTS) is 2. The summed E-state index contributed by atoms with van der Waals surface area (Å²) < 4.78 is 43.2. The van der Waals surface area contributed by atoms with Crippen LogP contribution in [-0.4, -0.2) is 172 Å². The number of carbonyl (C=O) groups excluding carboxylic acids is 1. The standard InChI is InChI=1S/C48H52FNO20/c49-24-13-10-21(11-14-24)28(67-47-39(59)34(54)37(57)42(69-47)45(62)63)17-16-27-31(50(44(27)61)25-4-2-1-3-5-25)26-15-12-23(18-29(26)68-48-40(60)35(55)38(58)43(70-48)46(64)65)20-6-8-22(9-7-20)41-36(56)33(53)32(52)30(19-51)66-41/h1-15,18,27-28,30-43,47-48,51-60H,16-17,19H2,(H,62,63)(H,64,65)/t27-,28+,30-,31-,32-,33+,34+,35+,36-,37+,38+,39-,40-,41+,42+,43+,47-,48-/m1/s1. The third-order valence-corrected chi connectivity index (χ3v) is 13.2. The van der Waals surface area contributed by atoms with Crippen molar-refractivity contribution in [2.75, 3.05) is 11.5 Å². The van der Waals surface area contributed by atoms with E-state index < -0.39 is 140 Å². The zero-order chi connectivity index (χ0) is 50.3. The van der Waals surface area contributed by atoms with E-state index in [0.717, 1.165) is 12.1 Å². The van der Waals surface area contributed by atoms with Crippen LogP contribution in [0.5, 0.6) is 5.75 Å². The monoisotopic (exact) mass is 981 g/mol. The van der Waals surface area contributed by atoms with E-state index in [1.165, 1.54) is 23.1 Å². The highest BCUT2D eigenvalue weighted by molar-refractivity contribution is 6.03. The summed E-state index contributed by atoms with van der Waals surface area (Å²) >= 11 is 0. The quantitative estimate of drug-likeness (QED) is 0.0663. The molecule has 22 heteroatoms. The molecule has 4 aliphatic rings. The van der Waals surface area contributed by atoms with Gasteiger partial charge in [0.05, 0.1) is 24.7 Å². The van der Waals surface area contributed by atoms with Crippen molar-refractivity contribution in [1.82, 2.24) is 0 Å². The van der Waals surface area contributed by atoms with E-state index >= 15 is 0 Å². The van der Waals surface area contributed by atoms with Crippen LogP contribution in [0.4, 0.5) is 10.1 Å². The molecule has 0 aromatic heterocycles. The maximum Gasteiger partial charge on any atom is 0.335 e. The fourth-order valence-electron chi connectivity index (χ4n) is 9.29. The van der Waals surface area contributed by atoms with Gasteiger partial charge in [-0.3, -0.25) is 4.79 Å². The van der Waals surface area contributed by atoms with Gasteiger partial charge in [0.2, 0.25) is 12.2 Å². The molecule has 0 saturated carbocycles. The van der Waals surface area contributed by atoms with Crippen LogP contribution in [-0.2, 0) is 33.3 Å². The molecule has 4 aromatic rings. The number of anilines is 1. The first-order valence-electron chi connectivity index (χ1n) is 22.3. The van der Waals surface area contributed by atoms with Crippen LogP contribution in [0.2, 0.25) is 0 Å². The van der Waals surface area contributed by atoms with E-state index in [2.05, 4.69) is 0 Å². The van der Waals surface area contributed by atoms with Gasteiger partial charge in [0.1, 0.15) is 78.7 Å². The summed E-state index contributed by atoms with van der Waals surface area (Å²) in [5, 5.41) is 125. The summed E-state index contributed by atoms with van der Waals surface area (Å²) in [5.41, 5.74) is 2.31. The fraction of sp³-hybridized carbons (Fsp3) is 0.438. The van der Waals surface area contributed by atoms with Gasteiger partial charge in [-0.15, -0.1) is 0 Å². The lowest BCUT2D eigenvalue weighted by molar-refractivity contribution is -0.306. The minimum Gasteiger partial charge on any atom is -0.479 e. The van der Waals surface area contributed by atoms with E-state index in [9.17, 15) is 80.1 Å². The van der Waals surface area contributed by atoms with Crippen molar-refractivity contribution in [3.8, 4) is 16.9 Å². The van der Waals surface area contributed by atoms with Crippen molar-refractivity contribution in [3.05, 3.63) is 120 Å². The third kappa shape index (κ3) is 9.89. The number of ether oxygens (including phenoxy) is 5. The Morgan fingerprint density at radius 1 is 0.643 bits per heavy atom. The van der Waals surface area contributed by atoms with Crippen LogP contribution < -0.4 is 9.64 Å². The number of amides is 1. The average Bonchev–Trinajstić information content (AvgIpc) is 3.35. The highest BCUT2D eigenvalue weighted by Gasteiger charge is 2.53. The molecule has 8 rings (SSSR count). The number of benzene rings is 4. The Bertz CT molecular complexity index is 2470. The van der Waals surface area contributed by atoms with Crippen molar-refractivity contribution in [3.63, 3.8) is 0 Å². The zero-order valence-corrected chi connectivity index (χ0v) is 36.7. The van der Waals surface area contributed by atoms with Gasteiger partial charge in [0, 0.05) is 11.3 Å². The Morgan fingerprint density at radius 3 is 1.81 bits per heavy atom. The number of aliphatic hydroxyl groups excluding tert-OH is 10. The van der Waals surface area contributed by atoms with Crippen molar-refractivity contribution in [1.29, 1.82) is 0 Å². The number of nitrogens with zero attached hydrogens (tertiary/aromatic N) is 1. The molecule has 0 aliphatic carbocycles. The molecule has 70 heavy (non-hydrogen) atoms. The minimum absolute atomic E-state index is 0.0413. The first kappa shape index (κ1) is 50.8. The molecule has 0 radical (unpaired) electrons. The van der Waals surface area contributed by atoms with Gasteiger partial charge >= 0.3 is 11.9 Å². The lowest BCUT2D eigenvalue weighted by Gasteiger charge is -2.48. The molecule has 1 amide bonds. The van der Waals surface area contributed by atoms with Gasteiger partial charge < -0.3 is 89.9 Å². The summed E-state index contributed by atoms with van der Waals surface area (Å²) in [6, 6.07) is 23.6. The normalized spacial score (nSPS) is 34.9. The van der Waals surface area contributed by atoms with Crippen molar-refractivity contribution in [2.45, 2.75) is 117 Å². The molecule has 4 heterocycles. The Kier molecular flexibility index (Phi) is 15.3. The minimum atomic E-state index is -2.05. The second-order valence-corrected chi connectivity index (χ2v) is 17.6. The molecule has 4 aliphatic heterocycles. The second-order valence-electron chi connectivity index (χ2n) is 17.6.